The standard InChI is InChI=1S/C29H32ClFN6O4/c1-29(2,3)41-28(40)37-13-5-12-36(14-15-37)25-11-6-19(17-33-25)27(39)35(4)23-9-8-21(31)16-22(23)26(38)34-24-10-7-20(30)18-32-24/h6-11,16-18H,5,12-15H2,1-4H3,(H,32,34,38). The first-order valence-corrected chi connectivity index (χ1v) is 13.5. The van der Waals surface area contributed by atoms with E-state index in [0.29, 0.717) is 37.0 Å². The van der Waals surface area contributed by atoms with Crippen LogP contribution in [0.3, 0.4) is 0 Å². The number of carbonyl (C=O) groups is 3. The number of ether oxygens (including phenoxy) is 1. The first-order valence-electron chi connectivity index (χ1n) is 13.1. The van der Waals surface area contributed by atoms with Crippen LogP contribution >= 0.6 is 11.6 Å². The Hall–Kier alpha value is -4.25. The molecule has 3 aromatic rings. The number of rotatable bonds is 5. The molecule has 0 radical (unpaired) electrons. The first-order chi connectivity index (χ1) is 19.4. The number of halogens is 2. The molecule has 1 saturated heterocycles. The number of pyridine rings is 2. The Labute approximate surface area is 243 Å². The highest BCUT2D eigenvalue weighted by Crippen LogP contribution is 2.25. The van der Waals surface area contributed by atoms with Gasteiger partial charge >= 0.3 is 6.09 Å². The van der Waals surface area contributed by atoms with Crippen molar-refractivity contribution in [3.63, 3.8) is 0 Å². The lowest BCUT2D eigenvalue weighted by atomic mass is 10.1. The Balaban J connectivity index is 1.45. The SMILES string of the molecule is CN(C(=O)c1ccc(N2CCCN(C(=O)OC(C)(C)C)CC2)nc1)c1ccc(F)cc1C(=O)Nc1ccc(Cl)cn1. The normalized spacial score (nSPS) is 13.8. The molecule has 0 unspecified atom stereocenters. The number of hydrogen-bond donors (Lipinski definition) is 1. The van der Waals surface area contributed by atoms with Crippen LogP contribution in [0.15, 0.2) is 54.9 Å². The van der Waals surface area contributed by atoms with Gasteiger partial charge in [-0.25, -0.2) is 19.2 Å². The maximum atomic E-state index is 14.1. The molecule has 41 heavy (non-hydrogen) atoms. The Morgan fingerprint density at radius 1 is 1.00 bits per heavy atom. The molecule has 216 valence electrons. The number of nitrogens with zero attached hydrogens (tertiary/aromatic N) is 5. The zero-order chi connectivity index (χ0) is 29.7. The maximum Gasteiger partial charge on any atom is 0.410 e. The van der Waals surface area contributed by atoms with E-state index in [1.165, 1.54) is 42.5 Å². The molecule has 3 amide bonds. The maximum absolute atomic E-state index is 14.1. The van der Waals surface area contributed by atoms with Gasteiger partial charge in [0.25, 0.3) is 11.8 Å². The van der Waals surface area contributed by atoms with Crippen LogP contribution in [0.1, 0.15) is 47.9 Å². The monoisotopic (exact) mass is 582 g/mol. The van der Waals surface area contributed by atoms with E-state index >= 15 is 0 Å². The fourth-order valence-electron chi connectivity index (χ4n) is 4.27. The first kappa shape index (κ1) is 29.7. The molecule has 1 N–H and O–H groups in total. The van der Waals surface area contributed by atoms with E-state index in [1.54, 1.807) is 23.1 Å². The van der Waals surface area contributed by atoms with E-state index in [4.69, 9.17) is 16.3 Å². The van der Waals surface area contributed by atoms with E-state index in [-0.39, 0.29) is 28.7 Å². The summed E-state index contributed by atoms with van der Waals surface area (Å²) in [5.41, 5.74) is -0.105. The molecule has 0 spiro atoms. The minimum Gasteiger partial charge on any atom is -0.444 e. The summed E-state index contributed by atoms with van der Waals surface area (Å²) in [4.78, 5) is 52.3. The van der Waals surface area contributed by atoms with Gasteiger partial charge in [-0.2, -0.15) is 0 Å². The van der Waals surface area contributed by atoms with Crippen LogP contribution in [0, 0.1) is 5.82 Å². The number of aromatic nitrogens is 2. The molecule has 3 heterocycles. The average Bonchev–Trinajstić information content (AvgIpc) is 3.19. The quantitative estimate of drug-likeness (QED) is 0.438. The highest BCUT2D eigenvalue weighted by molar-refractivity contribution is 6.30. The number of hydrogen-bond acceptors (Lipinski definition) is 7. The summed E-state index contributed by atoms with van der Waals surface area (Å²) in [5, 5.41) is 2.99. The molecule has 1 aromatic carbocycles. The number of carbonyl (C=O) groups excluding carboxylic acids is 3. The smallest absolute Gasteiger partial charge is 0.410 e. The summed E-state index contributed by atoms with van der Waals surface area (Å²) in [6.45, 7) is 7.83. The average molecular weight is 583 g/mol. The van der Waals surface area contributed by atoms with E-state index in [9.17, 15) is 18.8 Å². The Bertz CT molecular complexity index is 1410. The molecule has 0 saturated carbocycles. The molecule has 1 aliphatic heterocycles. The molecular weight excluding hydrogens is 551 g/mol. The third-order valence-corrected chi connectivity index (χ3v) is 6.53. The summed E-state index contributed by atoms with van der Waals surface area (Å²) < 4.78 is 19.6. The number of anilines is 3. The number of amides is 3. The Morgan fingerprint density at radius 3 is 2.44 bits per heavy atom. The van der Waals surface area contributed by atoms with E-state index in [1.807, 2.05) is 20.8 Å². The second-order valence-electron chi connectivity index (χ2n) is 10.6. The van der Waals surface area contributed by atoms with E-state index < -0.39 is 23.2 Å². The summed E-state index contributed by atoms with van der Waals surface area (Å²) in [6.07, 6.45) is 3.24. The van der Waals surface area contributed by atoms with Crippen LogP contribution in [-0.4, -0.2) is 71.6 Å². The van der Waals surface area contributed by atoms with Crippen molar-refractivity contribution in [2.75, 3.05) is 48.3 Å². The fourth-order valence-corrected chi connectivity index (χ4v) is 4.39. The molecule has 0 atom stereocenters. The Kier molecular flexibility index (Phi) is 9.07. The zero-order valence-corrected chi connectivity index (χ0v) is 24.1. The van der Waals surface area contributed by atoms with Crippen molar-refractivity contribution in [2.45, 2.75) is 32.8 Å². The lowest BCUT2D eigenvalue weighted by molar-refractivity contribution is 0.0263. The summed E-state index contributed by atoms with van der Waals surface area (Å²) in [6, 6.07) is 10.1. The van der Waals surface area contributed by atoms with Crippen molar-refractivity contribution in [1.82, 2.24) is 14.9 Å². The largest absolute Gasteiger partial charge is 0.444 e. The van der Waals surface area contributed by atoms with Gasteiger partial charge in [-0.3, -0.25) is 9.59 Å². The molecule has 12 heteroatoms. The van der Waals surface area contributed by atoms with Crippen LogP contribution in [0.25, 0.3) is 0 Å². The zero-order valence-electron chi connectivity index (χ0n) is 23.4. The summed E-state index contributed by atoms with van der Waals surface area (Å²) in [7, 11) is 1.50. The minimum absolute atomic E-state index is 0.0405. The van der Waals surface area contributed by atoms with Crippen LogP contribution in [0.5, 0.6) is 0 Å². The van der Waals surface area contributed by atoms with Gasteiger partial charge in [0.1, 0.15) is 23.1 Å². The molecule has 1 aliphatic rings. The van der Waals surface area contributed by atoms with Crippen molar-refractivity contribution >= 4 is 46.8 Å². The molecule has 2 aromatic heterocycles. The molecule has 10 nitrogen and oxygen atoms in total. The third-order valence-electron chi connectivity index (χ3n) is 6.30. The van der Waals surface area contributed by atoms with Crippen molar-refractivity contribution in [3.05, 3.63) is 76.8 Å². The topological polar surface area (TPSA) is 108 Å². The highest BCUT2D eigenvalue weighted by Gasteiger charge is 2.26. The predicted molar refractivity (Wildman–Crippen MR) is 155 cm³/mol. The molecular formula is C29H32ClFN6O4. The van der Waals surface area contributed by atoms with Gasteiger partial charge in [0.05, 0.1) is 21.8 Å². The van der Waals surface area contributed by atoms with Crippen LogP contribution in [0.4, 0.5) is 26.5 Å². The van der Waals surface area contributed by atoms with Crippen molar-refractivity contribution in [3.8, 4) is 0 Å². The second kappa shape index (κ2) is 12.5. The summed E-state index contributed by atoms with van der Waals surface area (Å²) >= 11 is 5.85. The minimum atomic E-state index is -0.635. The number of benzene rings is 1. The lowest BCUT2D eigenvalue weighted by Crippen LogP contribution is -2.39. The lowest BCUT2D eigenvalue weighted by Gasteiger charge is -2.26. The van der Waals surface area contributed by atoms with Gasteiger partial charge in [-0.1, -0.05) is 11.6 Å². The molecule has 0 bridgehead atoms. The Morgan fingerprint density at radius 2 is 1.78 bits per heavy atom. The molecule has 0 aliphatic carbocycles. The van der Waals surface area contributed by atoms with Gasteiger partial charge in [0.2, 0.25) is 0 Å². The van der Waals surface area contributed by atoms with Crippen molar-refractivity contribution in [2.24, 2.45) is 0 Å². The highest BCUT2D eigenvalue weighted by atomic mass is 35.5. The van der Waals surface area contributed by atoms with Gasteiger partial charge in [0, 0.05) is 45.6 Å². The van der Waals surface area contributed by atoms with Gasteiger partial charge < -0.3 is 24.8 Å². The second-order valence-corrected chi connectivity index (χ2v) is 11.0. The van der Waals surface area contributed by atoms with Gasteiger partial charge in [-0.15, -0.1) is 0 Å². The van der Waals surface area contributed by atoms with Crippen LogP contribution in [-0.2, 0) is 4.74 Å². The fraction of sp³-hybridized carbons (Fsp3) is 0.345. The third kappa shape index (κ3) is 7.69. The number of nitrogens with one attached hydrogen (secondary N) is 1. The van der Waals surface area contributed by atoms with Crippen LogP contribution in [0.2, 0.25) is 5.02 Å². The van der Waals surface area contributed by atoms with Crippen molar-refractivity contribution in [1.29, 1.82) is 0 Å². The van der Waals surface area contributed by atoms with Crippen LogP contribution < -0.4 is 15.1 Å². The summed E-state index contributed by atoms with van der Waals surface area (Å²) in [5.74, 6) is -0.790. The van der Waals surface area contributed by atoms with Gasteiger partial charge in [0.15, 0.2) is 0 Å². The van der Waals surface area contributed by atoms with Crippen molar-refractivity contribution < 1.29 is 23.5 Å². The predicted octanol–water partition coefficient (Wildman–Crippen LogP) is 5.25. The molecule has 1 fully saturated rings. The van der Waals surface area contributed by atoms with Gasteiger partial charge in [-0.05, 0) is 69.7 Å². The van der Waals surface area contributed by atoms with E-state index in [0.717, 1.165) is 12.5 Å². The van der Waals surface area contributed by atoms with E-state index in [2.05, 4.69) is 20.2 Å². The molecule has 4 rings (SSSR count).